The fraction of sp³-hybridized carbons (Fsp3) is 0.150. The molecule has 0 bridgehead atoms. The van der Waals surface area contributed by atoms with Crippen molar-refractivity contribution in [3.05, 3.63) is 53.2 Å². The molecule has 0 aliphatic carbocycles. The first-order valence-electron chi connectivity index (χ1n) is 8.44. The first-order chi connectivity index (χ1) is 13.5. The largest absolute Gasteiger partial charge is 0.497 e. The second-order valence-electron chi connectivity index (χ2n) is 6.06. The molecule has 0 aliphatic rings. The number of pyridine rings is 1. The van der Waals surface area contributed by atoms with E-state index >= 15 is 0 Å². The zero-order valence-corrected chi connectivity index (χ0v) is 16.3. The maximum absolute atomic E-state index is 11.9. The number of fused-ring (bicyclic) bond motifs is 1. The first kappa shape index (κ1) is 18.0. The second-order valence-corrected chi connectivity index (χ2v) is 7.06. The van der Waals surface area contributed by atoms with Gasteiger partial charge in [-0.15, -0.1) is 11.3 Å². The molecule has 0 atom stereocenters. The molecule has 1 N–H and O–H groups in total. The molecule has 0 saturated carbocycles. The number of thiazole rings is 1. The number of benzene rings is 1. The van der Waals surface area contributed by atoms with Crippen LogP contribution in [-0.2, 0) is 0 Å². The summed E-state index contributed by atoms with van der Waals surface area (Å²) in [6, 6.07) is 11.0. The third kappa shape index (κ3) is 2.87. The average Bonchev–Trinajstić information content (AvgIpc) is 3.27. The maximum Gasteiger partial charge on any atom is 0.348 e. The van der Waals surface area contributed by atoms with Gasteiger partial charge in [-0.05, 0) is 31.2 Å². The highest BCUT2D eigenvalue weighted by Crippen LogP contribution is 2.41. The molecule has 4 rings (SSSR count). The van der Waals surface area contributed by atoms with Gasteiger partial charge in [0.2, 0.25) is 0 Å². The Hall–Kier alpha value is -3.39. The van der Waals surface area contributed by atoms with Crippen molar-refractivity contribution in [1.82, 2.24) is 14.6 Å². The molecule has 0 fully saturated rings. The van der Waals surface area contributed by atoms with Gasteiger partial charge in [-0.2, -0.15) is 5.10 Å². The van der Waals surface area contributed by atoms with E-state index in [4.69, 9.17) is 9.47 Å². The second kappa shape index (κ2) is 6.97. The molecule has 28 heavy (non-hydrogen) atoms. The summed E-state index contributed by atoms with van der Waals surface area (Å²) in [6.07, 6.45) is 1.85. The highest BCUT2D eigenvalue weighted by Gasteiger charge is 2.24. The molecule has 0 aliphatic heterocycles. The first-order valence-corrected chi connectivity index (χ1v) is 9.26. The van der Waals surface area contributed by atoms with Crippen molar-refractivity contribution in [2.45, 2.75) is 6.92 Å². The van der Waals surface area contributed by atoms with E-state index in [1.807, 2.05) is 31.3 Å². The Morgan fingerprint density at radius 2 is 2.00 bits per heavy atom. The molecule has 0 saturated heterocycles. The lowest BCUT2D eigenvalue weighted by atomic mass is 10.1. The number of carbonyl (C=O) groups is 1. The average molecular weight is 395 g/mol. The molecular weight excluding hydrogens is 378 g/mol. The van der Waals surface area contributed by atoms with Crippen LogP contribution in [-0.4, -0.2) is 39.9 Å². The Morgan fingerprint density at radius 1 is 1.18 bits per heavy atom. The van der Waals surface area contributed by atoms with E-state index < -0.39 is 5.97 Å². The number of ether oxygens (including phenoxy) is 2. The zero-order valence-electron chi connectivity index (χ0n) is 15.5. The van der Waals surface area contributed by atoms with Gasteiger partial charge in [0.05, 0.1) is 31.0 Å². The van der Waals surface area contributed by atoms with Crippen LogP contribution in [0.25, 0.3) is 27.3 Å². The number of carboxylic acids is 1. The van der Waals surface area contributed by atoms with Crippen molar-refractivity contribution >= 4 is 22.8 Å². The highest BCUT2D eigenvalue weighted by atomic mass is 32.1. The third-order valence-corrected chi connectivity index (χ3v) is 5.47. The summed E-state index contributed by atoms with van der Waals surface area (Å²) in [7, 11) is 3.09. The number of hydrogen-bond acceptors (Lipinski definition) is 6. The summed E-state index contributed by atoms with van der Waals surface area (Å²) in [6.45, 7) is 1.89. The van der Waals surface area contributed by atoms with Gasteiger partial charge >= 0.3 is 5.97 Å². The SMILES string of the molecule is COc1ccc(-c2nc(-c3c(C)nn4ccccc34)sc2C(=O)O)c(OC)c1. The van der Waals surface area contributed by atoms with Crippen molar-refractivity contribution in [1.29, 1.82) is 0 Å². The van der Waals surface area contributed by atoms with Gasteiger partial charge in [0.1, 0.15) is 27.1 Å². The minimum atomic E-state index is -1.04. The van der Waals surface area contributed by atoms with Crippen molar-refractivity contribution in [3.63, 3.8) is 0 Å². The Bertz CT molecular complexity index is 1200. The smallest absolute Gasteiger partial charge is 0.348 e. The fourth-order valence-electron chi connectivity index (χ4n) is 3.13. The molecule has 4 aromatic rings. The van der Waals surface area contributed by atoms with E-state index in [0.29, 0.717) is 27.8 Å². The molecule has 0 radical (unpaired) electrons. The maximum atomic E-state index is 11.9. The summed E-state index contributed by atoms with van der Waals surface area (Å²) in [5.74, 6) is 0.0763. The summed E-state index contributed by atoms with van der Waals surface area (Å²) < 4.78 is 12.4. The summed E-state index contributed by atoms with van der Waals surface area (Å²) in [5, 5.41) is 14.9. The van der Waals surface area contributed by atoms with Crippen molar-refractivity contribution < 1.29 is 19.4 Å². The topological polar surface area (TPSA) is 86.0 Å². The van der Waals surface area contributed by atoms with E-state index in [1.54, 1.807) is 29.8 Å². The quantitative estimate of drug-likeness (QED) is 0.546. The van der Waals surface area contributed by atoms with Gasteiger partial charge in [-0.25, -0.2) is 14.3 Å². The lowest BCUT2D eigenvalue weighted by Crippen LogP contribution is -1.97. The van der Waals surface area contributed by atoms with Crippen LogP contribution < -0.4 is 9.47 Å². The van der Waals surface area contributed by atoms with Gasteiger partial charge in [-0.3, -0.25) is 0 Å². The molecule has 3 heterocycles. The minimum absolute atomic E-state index is 0.146. The number of nitrogens with zero attached hydrogens (tertiary/aromatic N) is 3. The number of aryl methyl sites for hydroxylation is 1. The lowest BCUT2D eigenvalue weighted by molar-refractivity contribution is 0.0702. The number of aromatic carboxylic acids is 1. The zero-order chi connectivity index (χ0) is 19.8. The number of carboxylic acid groups (broad SMARTS) is 1. The Kier molecular flexibility index (Phi) is 4.48. The summed E-state index contributed by atoms with van der Waals surface area (Å²) >= 11 is 1.13. The Morgan fingerprint density at radius 3 is 2.71 bits per heavy atom. The van der Waals surface area contributed by atoms with Crippen LogP contribution in [0.3, 0.4) is 0 Å². The Balaban J connectivity index is 1.95. The van der Waals surface area contributed by atoms with Gasteiger partial charge in [-0.1, -0.05) is 6.07 Å². The number of methoxy groups -OCH3 is 2. The van der Waals surface area contributed by atoms with E-state index in [-0.39, 0.29) is 4.88 Å². The van der Waals surface area contributed by atoms with Crippen LogP contribution in [0, 0.1) is 6.92 Å². The Labute approximate surface area is 164 Å². The molecule has 3 aromatic heterocycles. The van der Waals surface area contributed by atoms with Crippen LogP contribution in [0.4, 0.5) is 0 Å². The van der Waals surface area contributed by atoms with Crippen LogP contribution in [0.5, 0.6) is 11.5 Å². The molecule has 1 aromatic carbocycles. The van der Waals surface area contributed by atoms with Gasteiger partial charge in [0.15, 0.2) is 0 Å². The highest BCUT2D eigenvalue weighted by molar-refractivity contribution is 7.17. The molecule has 7 nitrogen and oxygen atoms in total. The lowest BCUT2D eigenvalue weighted by Gasteiger charge is -2.09. The van der Waals surface area contributed by atoms with E-state index in [0.717, 1.165) is 28.1 Å². The monoisotopic (exact) mass is 395 g/mol. The van der Waals surface area contributed by atoms with Gasteiger partial charge in [0.25, 0.3) is 0 Å². The molecule has 142 valence electrons. The van der Waals surface area contributed by atoms with Crippen molar-refractivity contribution in [2.75, 3.05) is 14.2 Å². The van der Waals surface area contributed by atoms with Crippen LogP contribution in [0.2, 0.25) is 0 Å². The summed E-state index contributed by atoms with van der Waals surface area (Å²) in [5.41, 5.74) is 3.44. The van der Waals surface area contributed by atoms with Crippen molar-refractivity contribution in [3.8, 4) is 33.3 Å². The van der Waals surface area contributed by atoms with E-state index in [1.165, 1.54) is 7.11 Å². The van der Waals surface area contributed by atoms with Crippen LogP contribution in [0.1, 0.15) is 15.4 Å². The fourth-order valence-corrected chi connectivity index (χ4v) is 4.15. The van der Waals surface area contributed by atoms with Crippen molar-refractivity contribution in [2.24, 2.45) is 0 Å². The van der Waals surface area contributed by atoms with Gasteiger partial charge < -0.3 is 14.6 Å². The standard InChI is InChI=1S/C20H17N3O4S/c1-11-16(14-6-4-5-9-23(14)22-11)19-21-17(18(28-19)20(24)25)13-8-7-12(26-2)10-15(13)27-3/h4-10H,1-3H3,(H,24,25). The van der Waals surface area contributed by atoms with Crippen LogP contribution in [0.15, 0.2) is 42.6 Å². The molecule has 0 spiro atoms. The van der Waals surface area contributed by atoms with E-state index in [9.17, 15) is 9.90 Å². The number of aromatic nitrogens is 3. The minimum Gasteiger partial charge on any atom is -0.497 e. The van der Waals surface area contributed by atoms with Crippen LogP contribution >= 0.6 is 11.3 Å². The molecular formula is C20H17N3O4S. The predicted molar refractivity (Wildman–Crippen MR) is 107 cm³/mol. The molecule has 0 unspecified atom stereocenters. The number of rotatable bonds is 5. The third-order valence-electron chi connectivity index (χ3n) is 4.41. The molecule has 8 heteroatoms. The van der Waals surface area contributed by atoms with Gasteiger partial charge in [0, 0.05) is 17.8 Å². The predicted octanol–water partition coefficient (Wildman–Crippen LogP) is 4.15. The van der Waals surface area contributed by atoms with E-state index in [2.05, 4.69) is 10.1 Å². The number of hydrogen-bond donors (Lipinski definition) is 1. The molecule has 0 amide bonds. The normalized spacial score (nSPS) is 11.0. The summed E-state index contributed by atoms with van der Waals surface area (Å²) in [4.78, 5) is 16.8.